The molecule has 2 unspecified atom stereocenters. The van der Waals surface area contributed by atoms with Gasteiger partial charge in [0.05, 0.1) is 17.6 Å². The maximum Gasteiger partial charge on any atom is 0.347 e. The maximum absolute atomic E-state index is 13.1. The zero-order valence-corrected chi connectivity index (χ0v) is 25.7. The van der Waals surface area contributed by atoms with Gasteiger partial charge in [0.1, 0.15) is 28.6 Å². The van der Waals surface area contributed by atoms with Crippen molar-refractivity contribution < 1.29 is 23.7 Å². The predicted molar refractivity (Wildman–Crippen MR) is 166 cm³/mol. The standard InChI is InChI=1S/C33H36O5P2/c1-32(2,23-9-16-27(17-10-23)37-39-5)22-7-14-26(15-8-22)36-31(35)29-21-25(13-20-30(29)34)33(3,4)24-11-18-28(19-12-24)38-40-6/h7-21,34,39-40H,1-6H3. The fourth-order valence-electron chi connectivity index (χ4n) is 4.64. The lowest BCUT2D eigenvalue weighted by Crippen LogP contribution is -2.20. The SMILES string of the molecule is CPOc1ccc(C(C)(C)c2ccc(OC(=O)c3cc(C(C)(C)c4ccc(OPC)cc4)ccc3O)cc2)cc1. The Balaban J connectivity index is 1.51. The third kappa shape index (κ3) is 6.49. The van der Waals surface area contributed by atoms with E-state index >= 15 is 0 Å². The molecule has 0 aliphatic rings. The molecule has 0 aliphatic heterocycles. The van der Waals surface area contributed by atoms with Gasteiger partial charge in [-0.3, -0.25) is 0 Å². The average Bonchev–Trinajstić information content (AvgIpc) is 2.94. The number of phenolic OH excluding ortho intramolecular Hbond substituents is 1. The number of carbonyl (C=O) groups excluding carboxylic acids is 1. The van der Waals surface area contributed by atoms with Gasteiger partial charge in [0.2, 0.25) is 0 Å². The van der Waals surface area contributed by atoms with Crippen LogP contribution in [0.1, 0.15) is 60.3 Å². The van der Waals surface area contributed by atoms with E-state index < -0.39 is 11.4 Å². The lowest BCUT2D eigenvalue weighted by Gasteiger charge is -2.27. The van der Waals surface area contributed by atoms with E-state index in [-0.39, 0.29) is 16.7 Å². The first-order chi connectivity index (χ1) is 19.1. The van der Waals surface area contributed by atoms with E-state index in [4.69, 9.17) is 13.8 Å². The molecule has 0 amide bonds. The minimum absolute atomic E-state index is 0.119. The van der Waals surface area contributed by atoms with Crippen molar-refractivity contribution in [2.75, 3.05) is 13.3 Å². The Morgan fingerprint density at radius 3 is 1.40 bits per heavy atom. The fourth-order valence-corrected chi connectivity index (χ4v) is 5.38. The maximum atomic E-state index is 13.1. The van der Waals surface area contributed by atoms with Crippen molar-refractivity contribution in [2.24, 2.45) is 0 Å². The molecule has 0 heterocycles. The Morgan fingerprint density at radius 1 is 0.600 bits per heavy atom. The first-order valence-corrected chi connectivity index (χ1v) is 15.9. The number of aromatic hydroxyl groups is 1. The van der Waals surface area contributed by atoms with Gasteiger partial charge in [-0.15, -0.1) is 0 Å². The van der Waals surface area contributed by atoms with E-state index in [1.807, 2.05) is 67.9 Å². The van der Waals surface area contributed by atoms with Gasteiger partial charge >= 0.3 is 5.97 Å². The van der Waals surface area contributed by atoms with Gasteiger partial charge in [0.15, 0.2) is 0 Å². The zero-order chi connectivity index (χ0) is 28.9. The molecule has 0 bridgehead atoms. The summed E-state index contributed by atoms with van der Waals surface area (Å²) in [6, 6.07) is 28.7. The second-order valence-corrected chi connectivity index (χ2v) is 11.8. The highest BCUT2D eigenvalue weighted by Gasteiger charge is 2.27. The second kappa shape index (κ2) is 12.4. The van der Waals surface area contributed by atoms with Gasteiger partial charge in [-0.2, -0.15) is 0 Å². The van der Waals surface area contributed by atoms with Crippen LogP contribution in [-0.4, -0.2) is 24.4 Å². The summed E-state index contributed by atoms with van der Waals surface area (Å²) in [5.41, 5.74) is 3.64. The van der Waals surface area contributed by atoms with E-state index in [1.54, 1.807) is 24.3 Å². The van der Waals surface area contributed by atoms with Crippen molar-refractivity contribution in [3.8, 4) is 23.0 Å². The van der Waals surface area contributed by atoms with E-state index in [9.17, 15) is 9.90 Å². The summed E-state index contributed by atoms with van der Waals surface area (Å²) in [6.07, 6.45) is 0. The Morgan fingerprint density at radius 2 is 0.975 bits per heavy atom. The van der Waals surface area contributed by atoms with E-state index in [2.05, 4.69) is 39.8 Å². The van der Waals surface area contributed by atoms with Crippen molar-refractivity contribution >= 4 is 23.6 Å². The van der Waals surface area contributed by atoms with Gasteiger partial charge in [0, 0.05) is 10.8 Å². The summed E-state index contributed by atoms with van der Waals surface area (Å²) in [5, 5.41) is 10.5. The number of phenols is 1. The summed E-state index contributed by atoms with van der Waals surface area (Å²) in [5.74, 6) is 1.37. The smallest absolute Gasteiger partial charge is 0.347 e. The van der Waals surface area contributed by atoms with Gasteiger partial charge in [-0.05, 0) is 84.1 Å². The van der Waals surface area contributed by atoms with Crippen molar-refractivity contribution in [1.82, 2.24) is 0 Å². The Labute approximate surface area is 240 Å². The largest absolute Gasteiger partial charge is 0.507 e. The number of benzene rings is 4. The third-order valence-corrected chi connectivity index (χ3v) is 8.20. The number of hydrogen-bond acceptors (Lipinski definition) is 5. The highest BCUT2D eigenvalue weighted by Crippen LogP contribution is 2.36. The molecule has 40 heavy (non-hydrogen) atoms. The van der Waals surface area contributed by atoms with Gasteiger partial charge in [-0.1, -0.05) is 70.2 Å². The van der Waals surface area contributed by atoms with Crippen LogP contribution in [0.25, 0.3) is 0 Å². The number of esters is 1. The topological polar surface area (TPSA) is 65.0 Å². The van der Waals surface area contributed by atoms with Crippen LogP contribution in [0.2, 0.25) is 0 Å². The molecule has 2 atom stereocenters. The molecule has 1 N–H and O–H groups in total. The van der Waals surface area contributed by atoms with E-state index in [0.29, 0.717) is 23.4 Å². The van der Waals surface area contributed by atoms with Crippen molar-refractivity contribution in [3.63, 3.8) is 0 Å². The molecular formula is C33H36O5P2. The van der Waals surface area contributed by atoms with Crippen LogP contribution in [0.4, 0.5) is 0 Å². The molecule has 4 aromatic carbocycles. The first kappa shape index (κ1) is 29.6. The molecule has 4 aromatic rings. The molecule has 0 fully saturated rings. The van der Waals surface area contributed by atoms with Crippen LogP contribution in [-0.2, 0) is 10.8 Å². The van der Waals surface area contributed by atoms with Crippen LogP contribution < -0.4 is 13.8 Å². The van der Waals surface area contributed by atoms with Crippen LogP contribution >= 0.6 is 17.6 Å². The molecular weight excluding hydrogens is 538 g/mol. The molecule has 208 valence electrons. The summed E-state index contributed by atoms with van der Waals surface area (Å²) in [4.78, 5) is 13.1. The van der Waals surface area contributed by atoms with Gasteiger partial charge in [0.25, 0.3) is 0 Å². The minimum atomic E-state index is -0.609. The van der Waals surface area contributed by atoms with Crippen LogP contribution in [0.15, 0.2) is 91.0 Å². The average molecular weight is 575 g/mol. The Kier molecular flexibility index (Phi) is 9.19. The molecule has 7 heteroatoms. The van der Waals surface area contributed by atoms with E-state index in [1.165, 1.54) is 0 Å². The molecule has 0 aromatic heterocycles. The lowest BCUT2D eigenvalue weighted by molar-refractivity contribution is 0.0731. The quantitative estimate of drug-likeness (QED) is 0.117. The van der Waals surface area contributed by atoms with Gasteiger partial charge < -0.3 is 18.9 Å². The summed E-state index contributed by atoms with van der Waals surface area (Å²) in [7, 11) is 0.782. The molecule has 0 spiro atoms. The van der Waals surface area contributed by atoms with Gasteiger partial charge in [-0.25, -0.2) is 4.79 Å². The third-order valence-electron chi connectivity index (χ3n) is 7.32. The molecule has 5 nitrogen and oxygen atoms in total. The highest BCUT2D eigenvalue weighted by molar-refractivity contribution is 7.31. The molecule has 0 aliphatic carbocycles. The summed E-state index contributed by atoms with van der Waals surface area (Å²) in [6.45, 7) is 12.4. The van der Waals surface area contributed by atoms with Crippen LogP contribution in [0.5, 0.6) is 23.0 Å². The molecule has 0 radical (unpaired) electrons. The number of ether oxygens (including phenoxy) is 1. The van der Waals surface area contributed by atoms with Crippen LogP contribution in [0.3, 0.4) is 0 Å². The molecule has 0 saturated heterocycles. The summed E-state index contributed by atoms with van der Waals surface area (Å²) < 4.78 is 16.9. The highest BCUT2D eigenvalue weighted by atomic mass is 31.1. The zero-order valence-electron chi connectivity index (χ0n) is 23.7. The fraction of sp³-hybridized carbons (Fsp3) is 0.242. The number of hydrogen-bond donors (Lipinski definition) is 1. The van der Waals surface area contributed by atoms with E-state index in [0.717, 1.165) is 33.8 Å². The minimum Gasteiger partial charge on any atom is -0.507 e. The Hall–Kier alpha value is -3.39. The molecule has 4 rings (SSSR count). The number of rotatable bonds is 10. The normalized spacial score (nSPS) is 12.2. The van der Waals surface area contributed by atoms with Crippen molar-refractivity contribution in [3.05, 3.63) is 119 Å². The Bertz CT molecular complexity index is 1440. The summed E-state index contributed by atoms with van der Waals surface area (Å²) >= 11 is 0. The number of carbonyl (C=O) groups is 1. The first-order valence-electron chi connectivity index (χ1n) is 13.1. The monoisotopic (exact) mass is 574 g/mol. The predicted octanol–water partition coefficient (Wildman–Crippen LogP) is 8.47. The lowest BCUT2D eigenvalue weighted by atomic mass is 9.77. The second-order valence-electron chi connectivity index (χ2n) is 10.6. The van der Waals surface area contributed by atoms with Crippen molar-refractivity contribution in [2.45, 2.75) is 38.5 Å². The van der Waals surface area contributed by atoms with Crippen LogP contribution in [0, 0.1) is 0 Å². The van der Waals surface area contributed by atoms with Crippen molar-refractivity contribution in [1.29, 1.82) is 0 Å². The molecule has 0 saturated carbocycles.